The van der Waals surface area contributed by atoms with Gasteiger partial charge in [-0.1, -0.05) is 6.07 Å². The first-order valence-corrected chi connectivity index (χ1v) is 10.4. The summed E-state index contributed by atoms with van der Waals surface area (Å²) < 4.78 is 28.4. The lowest BCUT2D eigenvalue weighted by atomic mass is 9.98. The molecule has 3 rings (SSSR count). The van der Waals surface area contributed by atoms with Gasteiger partial charge in [-0.25, -0.2) is 13.4 Å². The number of ether oxygens (including phenoxy) is 1. The van der Waals surface area contributed by atoms with Crippen LogP contribution in [0.4, 0.5) is 0 Å². The molecule has 25 heavy (non-hydrogen) atoms. The summed E-state index contributed by atoms with van der Waals surface area (Å²) in [7, 11) is 1.75. The molecule has 8 heteroatoms. The SMILES string of the molecule is CCOc1cnc([C@@H](C)N2CCc3ccc(S(=O)(=O)Cl)cc3C2)cn1. The standard InChI is InChI=1S/C17H20ClN3O3S/c1-3-24-17-10-19-16(9-20-17)12(2)21-7-6-13-4-5-15(25(18,22)23)8-14(13)11-21/h4-5,8-10,12H,3,6-7,11H2,1-2H3/t12-/m1/s1. The summed E-state index contributed by atoms with van der Waals surface area (Å²) >= 11 is 0. The molecule has 0 spiro atoms. The molecular formula is C17H20ClN3O3S. The molecule has 1 atom stereocenters. The Morgan fingerprint density at radius 3 is 2.72 bits per heavy atom. The third kappa shape index (κ3) is 4.11. The van der Waals surface area contributed by atoms with Gasteiger partial charge in [-0.2, -0.15) is 0 Å². The van der Waals surface area contributed by atoms with Crippen molar-refractivity contribution in [3.05, 3.63) is 47.4 Å². The number of aromatic nitrogens is 2. The van der Waals surface area contributed by atoms with Gasteiger partial charge in [0.15, 0.2) is 0 Å². The molecule has 0 amide bonds. The zero-order valence-electron chi connectivity index (χ0n) is 14.1. The quantitative estimate of drug-likeness (QED) is 0.741. The van der Waals surface area contributed by atoms with Crippen LogP contribution in [0.25, 0.3) is 0 Å². The predicted molar refractivity (Wildman–Crippen MR) is 95.2 cm³/mol. The predicted octanol–water partition coefficient (Wildman–Crippen LogP) is 2.92. The summed E-state index contributed by atoms with van der Waals surface area (Å²) in [6.07, 6.45) is 4.21. The molecule has 134 valence electrons. The van der Waals surface area contributed by atoms with Crippen molar-refractivity contribution in [3.63, 3.8) is 0 Å². The van der Waals surface area contributed by atoms with Gasteiger partial charge in [-0.05, 0) is 43.5 Å². The summed E-state index contributed by atoms with van der Waals surface area (Å²) in [5.74, 6) is 0.513. The zero-order valence-corrected chi connectivity index (χ0v) is 15.7. The lowest BCUT2D eigenvalue weighted by molar-refractivity contribution is 0.188. The maximum atomic E-state index is 11.6. The second kappa shape index (κ2) is 7.27. The van der Waals surface area contributed by atoms with E-state index in [9.17, 15) is 8.42 Å². The van der Waals surface area contributed by atoms with Crippen LogP contribution < -0.4 is 4.74 Å². The van der Waals surface area contributed by atoms with E-state index in [1.54, 1.807) is 24.5 Å². The number of fused-ring (bicyclic) bond motifs is 1. The molecule has 0 bridgehead atoms. The topological polar surface area (TPSA) is 72.4 Å². The van der Waals surface area contributed by atoms with Crippen LogP contribution in [0.2, 0.25) is 0 Å². The third-order valence-corrected chi connectivity index (χ3v) is 5.77. The van der Waals surface area contributed by atoms with Gasteiger partial charge in [0, 0.05) is 23.8 Å². The van der Waals surface area contributed by atoms with Crippen molar-refractivity contribution in [3.8, 4) is 5.88 Å². The van der Waals surface area contributed by atoms with Gasteiger partial charge in [0.1, 0.15) is 0 Å². The van der Waals surface area contributed by atoms with Crippen molar-refractivity contribution in [2.24, 2.45) is 0 Å². The molecule has 0 N–H and O–H groups in total. The molecule has 6 nitrogen and oxygen atoms in total. The highest BCUT2D eigenvalue weighted by Crippen LogP contribution is 2.29. The van der Waals surface area contributed by atoms with Gasteiger partial charge in [0.05, 0.1) is 35.6 Å². The summed E-state index contributed by atoms with van der Waals surface area (Å²) in [4.78, 5) is 11.1. The van der Waals surface area contributed by atoms with Crippen LogP contribution in [0.1, 0.15) is 36.7 Å². The van der Waals surface area contributed by atoms with Crippen LogP contribution in [0.3, 0.4) is 0 Å². The third-order valence-electron chi connectivity index (χ3n) is 4.42. The van der Waals surface area contributed by atoms with Crippen LogP contribution in [0.15, 0.2) is 35.5 Å². The molecule has 1 aliphatic heterocycles. The van der Waals surface area contributed by atoms with Crippen LogP contribution in [0.5, 0.6) is 5.88 Å². The van der Waals surface area contributed by atoms with Crippen molar-refractivity contribution >= 4 is 19.7 Å². The Morgan fingerprint density at radius 1 is 1.28 bits per heavy atom. The van der Waals surface area contributed by atoms with Crippen LogP contribution in [-0.2, 0) is 22.0 Å². The minimum absolute atomic E-state index is 0.0626. The van der Waals surface area contributed by atoms with E-state index in [1.807, 2.05) is 13.0 Å². The first-order valence-electron chi connectivity index (χ1n) is 8.13. The normalized spacial score (nSPS) is 16.3. The Morgan fingerprint density at radius 2 is 2.08 bits per heavy atom. The van der Waals surface area contributed by atoms with E-state index in [-0.39, 0.29) is 10.9 Å². The molecule has 0 fully saturated rings. The Hall–Kier alpha value is -1.70. The molecule has 0 radical (unpaired) electrons. The second-order valence-corrected chi connectivity index (χ2v) is 8.54. The Kier molecular flexibility index (Phi) is 5.27. The fraction of sp³-hybridized carbons (Fsp3) is 0.412. The smallest absolute Gasteiger partial charge is 0.261 e. The summed E-state index contributed by atoms with van der Waals surface area (Å²) in [5, 5.41) is 0. The van der Waals surface area contributed by atoms with E-state index >= 15 is 0 Å². The van der Waals surface area contributed by atoms with Gasteiger partial charge < -0.3 is 4.74 Å². The molecule has 0 saturated heterocycles. The average molecular weight is 382 g/mol. The van der Waals surface area contributed by atoms with Gasteiger partial charge in [-0.15, -0.1) is 0 Å². The fourth-order valence-electron chi connectivity index (χ4n) is 2.99. The van der Waals surface area contributed by atoms with Crippen molar-refractivity contribution in [2.45, 2.75) is 37.8 Å². The number of rotatable bonds is 5. The van der Waals surface area contributed by atoms with E-state index in [4.69, 9.17) is 15.4 Å². The number of halogens is 1. The molecule has 2 aromatic rings. The minimum Gasteiger partial charge on any atom is -0.477 e. The van der Waals surface area contributed by atoms with E-state index in [2.05, 4.69) is 21.8 Å². The Bertz CT molecular complexity index is 856. The lowest BCUT2D eigenvalue weighted by Crippen LogP contribution is -2.33. The number of hydrogen-bond acceptors (Lipinski definition) is 6. The number of nitrogens with zero attached hydrogens (tertiary/aromatic N) is 3. The van der Waals surface area contributed by atoms with Crippen molar-refractivity contribution in [1.82, 2.24) is 14.9 Å². The van der Waals surface area contributed by atoms with Crippen LogP contribution in [0, 0.1) is 0 Å². The average Bonchev–Trinajstić information content (AvgIpc) is 2.60. The van der Waals surface area contributed by atoms with Gasteiger partial charge >= 0.3 is 0 Å². The van der Waals surface area contributed by atoms with Crippen molar-refractivity contribution < 1.29 is 13.2 Å². The molecule has 0 aliphatic carbocycles. The van der Waals surface area contributed by atoms with Gasteiger partial charge in [0.2, 0.25) is 5.88 Å². The van der Waals surface area contributed by atoms with Gasteiger partial charge in [-0.3, -0.25) is 9.88 Å². The van der Waals surface area contributed by atoms with E-state index in [0.29, 0.717) is 19.0 Å². The maximum absolute atomic E-state index is 11.6. The van der Waals surface area contributed by atoms with Crippen molar-refractivity contribution in [1.29, 1.82) is 0 Å². The second-order valence-electron chi connectivity index (χ2n) is 5.98. The first kappa shape index (κ1) is 18.1. The highest BCUT2D eigenvalue weighted by Gasteiger charge is 2.24. The van der Waals surface area contributed by atoms with Gasteiger partial charge in [0.25, 0.3) is 9.05 Å². The molecule has 0 saturated carbocycles. The molecule has 1 aliphatic rings. The molecular weight excluding hydrogens is 362 g/mol. The van der Waals surface area contributed by atoms with Crippen molar-refractivity contribution in [2.75, 3.05) is 13.2 Å². The van der Waals surface area contributed by atoms with E-state index < -0.39 is 9.05 Å². The van der Waals surface area contributed by atoms with E-state index in [0.717, 1.165) is 29.8 Å². The largest absolute Gasteiger partial charge is 0.477 e. The summed E-state index contributed by atoms with van der Waals surface area (Å²) in [6.45, 7) is 6.04. The highest BCUT2D eigenvalue weighted by molar-refractivity contribution is 8.13. The number of benzene rings is 1. The number of hydrogen-bond donors (Lipinski definition) is 0. The summed E-state index contributed by atoms with van der Waals surface area (Å²) in [5.41, 5.74) is 3.00. The maximum Gasteiger partial charge on any atom is 0.261 e. The summed E-state index contributed by atoms with van der Waals surface area (Å²) in [6, 6.07) is 5.15. The van der Waals surface area contributed by atoms with E-state index in [1.165, 1.54) is 0 Å². The molecule has 2 heterocycles. The minimum atomic E-state index is -3.72. The Balaban J connectivity index is 1.79. The molecule has 1 aromatic heterocycles. The lowest BCUT2D eigenvalue weighted by Gasteiger charge is -2.33. The molecule has 1 aromatic carbocycles. The fourth-order valence-corrected chi connectivity index (χ4v) is 3.79. The zero-order chi connectivity index (χ0) is 18.0. The van der Waals surface area contributed by atoms with Crippen LogP contribution >= 0.6 is 10.7 Å². The monoisotopic (exact) mass is 381 g/mol. The highest BCUT2D eigenvalue weighted by atomic mass is 35.7. The first-order chi connectivity index (χ1) is 11.9. The van der Waals surface area contributed by atoms with Crippen LogP contribution in [-0.4, -0.2) is 36.4 Å². The Labute approximate surface area is 152 Å². The molecule has 0 unspecified atom stereocenters.